The van der Waals surface area contributed by atoms with Gasteiger partial charge in [0.15, 0.2) is 5.43 Å². The maximum atomic E-state index is 11.5. The number of carbonyl (C=O) groups excluding carboxylic acids is 1. The molecule has 0 bridgehead atoms. The van der Waals surface area contributed by atoms with Crippen molar-refractivity contribution in [2.24, 2.45) is 0 Å². The van der Waals surface area contributed by atoms with Crippen LogP contribution in [0.4, 0.5) is 5.95 Å². The highest BCUT2D eigenvalue weighted by Gasteiger charge is 2.10. The molecule has 7 heteroatoms. The van der Waals surface area contributed by atoms with Gasteiger partial charge >= 0.3 is 0 Å². The van der Waals surface area contributed by atoms with Crippen LogP contribution in [0.2, 0.25) is 0 Å². The lowest BCUT2D eigenvalue weighted by atomic mass is 10.2. The Morgan fingerprint density at radius 1 is 1.47 bits per heavy atom. The van der Waals surface area contributed by atoms with E-state index in [2.05, 4.69) is 25.5 Å². The molecule has 0 aliphatic heterocycles. The number of pyridine rings is 1. The Labute approximate surface area is 83.6 Å². The van der Waals surface area contributed by atoms with E-state index >= 15 is 0 Å². The van der Waals surface area contributed by atoms with Crippen LogP contribution >= 0.6 is 0 Å². The zero-order valence-corrected chi connectivity index (χ0v) is 7.52. The highest BCUT2D eigenvalue weighted by atomic mass is 16.2. The Bertz CT molecular complexity index is 516. The highest BCUT2D eigenvalue weighted by Crippen LogP contribution is 1.96. The largest absolute Gasteiger partial charge is 0.367 e. The first kappa shape index (κ1) is 9.13. The van der Waals surface area contributed by atoms with Crippen LogP contribution in [0, 0.1) is 0 Å². The number of aromatic amines is 2. The van der Waals surface area contributed by atoms with Crippen LogP contribution in [0.5, 0.6) is 0 Å². The van der Waals surface area contributed by atoms with Gasteiger partial charge in [0.05, 0.1) is 0 Å². The van der Waals surface area contributed by atoms with Crippen LogP contribution in [0.1, 0.15) is 10.4 Å². The Morgan fingerprint density at radius 3 is 3.00 bits per heavy atom. The number of nitrogens with zero attached hydrogens (tertiary/aromatic N) is 2. The first-order valence-electron chi connectivity index (χ1n) is 4.11. The van der Waals surface area contributed by atoms with Gasteiger partial charge in [-0.1, -0.05) is 0 Å². The number of hydrogen-bond acceptors (Lipinski definition) is 4. The van der Waals surface area contributed by atoms with Crippen molar-refractivity contribution in [3.63, 3.8) is 0 Å². The van der Waals surface area contributed by atoms with E-state index in [-0.39, 0.29) is 16.9 Å². The van der Waals surface area contributed by atoms with Gasteiger partial charge in [-0.25, -0.2) is 5.10 Å². The molecule has 0 saturated heterocycles. The second-order valence-corrected chi connectivity index (χ2v) is 2.71. The highest BCUT2D eigenvalue weighted by molar-refractivity contribution is 6.02. The predicted molar refractivity (Wildman–Crippen MR) is 51.4 cm³/mol. The van der Waals surface area contributed by atoms with Crippen molar-refractivity contribution < 1.29 is 4.79 Å². The van der Waals surface area contributed by atoms with Gasteiger partial charge in [0.2, 0.25) is 5.95 Å². The van der Waals surface area contributed by atoms with Crippen molar-refractivity contribution in [2.45, 2.75) is 0 Å². The van der Waals surface area contributed by atoms with Gasteiger partial charge in [-0.3, -0.25) is 14.9 Å². The molecule has 1 amide bonds. The van der Waals surface area contributed by atoms with E-state index in [1.54, 1.807) is 0 Å². The molecule has 0 fully saturated rings. The van der Waals surface area contributed by atoms with Crippen molar-refractivity contribution in [3.05, 3.63) is 40.6 Å². The summed E-state index contributed by atoms with van der Waals surface area (Å²) < 4.78 is 0. The maximum absolute atomic E-state index is 11.5. The molecule has 0 saturated carbocycles. The summed E-state index contributed by atoms with van der Waals surface area (Å²) >= 11 is 0. The summed E-state index contributed by atoms with van der Waals surface area (Å²) in [4.78, 5) is 29.1. The number of H-pyrrole nitrogens is 2. The van der Waals surface area contributed by atoms with Crippen molar-refractivity contribution in [2.75, 3.05) is 5.32 Å². The van der Waals surface area contributed by atoms with Gasteiger partial charge in [0.25, 0.3) is 5.91 Å². The van der Waals surface area contributed by atoms with E-state index in [9.17, 15) is 9.59 Å². The lowest BCUT2D eigenvalue weighted by Crippen LogP contribution is -2.21. The molecule has 0 spiro atoms. The van der Waals surface area contributed by atoms with E-state index in [4.69, 9.17) is 0 Å². The molecule has 7 nitrogen and oxygen atoms in total. The standard InChI is InChI=1S/C8H7N5O2/c14-6-1-2-9-3-5(6)7(15)12-8-10-4-11-13-8/h1-4H,(H,9,14)(H2,10,11,12,13,15). The van der Waals surface area contributed by atoms with Crippen molar-refractivity contribution in [3.8, 4) is 0 Å². The summed E-state index contributed by atoms with van der Waals surface area (Å²) in [5.41, 5.74) is -0.334. The van der Waals surface area contributed by atoms with Crippen LogP contribution < -0.4 is 10.7 Å². The molecule has 3 N–H and O–H groups in total. The molecule has 2 aromatic rings. The molecular formula is C8H7N5O2. The average Bonchev–Trinajstić information content (AvgIpc) is 2.71. The molecule has 0 aliphatic carbocycles. The van der Waals surface area contributed by atoms with Gasteiger partial charge in [0.1, 0.15) is 11.9 Å². The minimum Gasteiger partial charge on any atom is -0.367 e. The SMILES string of the molecule is O=C(Nc1ncn[nH]1)c1c[nH]ccc1=O. The Kier molecular flexibility index (Phi) is 2.28. The van der Waals surface area contributed by atoms with Crippen LogP contribution in [0.15, 0.2) is 29.6 Å². The maximum Gasteiger partial charge on any atom is 0.263 e. The van der Waals surface area contributed by atoms with E-state index in [0.717, 1.165) is 0 Å². The molecule has 0 aliphatic rings. The lowest BCUT2D eigenvalue weighted by molar-refractivity contribution is 0.102. The summed E-state index contributed by atoms with van der Waals surface area (Å²) in [5.74, 6) is -0.336. The normalized spacial score (nSPS) is 9.87. The van der Waals surface area contributed by atoms with Crippen LogP contribution in [0.3, 0.4) is 0 Å². The van der Waals surface area contributed by atoms with Gasteiger partial charge in [-0.05, 0) is 0 Å². The molecule has 0 radical (unpaired) electrons. The number of amides is 1. The molecular weight excluding hydrogens is 198 g/mol. The zero-order chi connectivity index (χ0) is 10.7. The number of hydrogen-bond donors (Lipinski definition) is 3. The summed E-state index contributed by atoms with van der Waals surface area (Å²) in [6.45, 7) is 0. The van der Waals surface area contributed by atoms with E-state index in [1.807, 2.05) is 0 Å². The third kappa shape index (κ3) is 1.90. The molecule has 2 aromatic heterocycles. The van der Waals surface area contributed by atoms with E-state index in [0.29, 0.717) is 0 Å². The third-order valence-corrected chi connectivity index (χ3v) is 1.72. The number of anilines is 1. The van der Waals surface area contributed by atoms with Gasteiger partial charge in [-0.15, -0.1) is 0 Å². The number of carbonyl (C=O) groups is 1. The number of aromatic nitrogens is 4. The molecule has 0 atom stereocenters. The Morgan fingerprint density at radius 2 is 2.33 bits per heavy atom. The summed E-state index contributed by atoms with van der Waals surface area (Å²) in [7, 11) is 0. The summed E-state index contributed by atoms with van der Waals surface area (Å²) in [6, 6.07) is 1.27. The van der Waals surface area contributed by atoms with E-state index in [1.165, 1.54) is 24.8 Å². The van der Waals surface area contributed by atoms with Crippen molar-refractivity contribution in [1.82, 2.24) is 20.2 Å². The average molecular weight is 205 g/mol. The smallest absolute Gasteiger partial charge is 0.263 e. The Balaban J connectivity index is 2.23. The minimum atomic E-state index is -0.534. The van der Waals surface area contributed by atoms with Gasteiger partial charge < -0.3 is 4.98 Å². The van der Waals surface area contributed by atoms with Crippen molar-refractivity contribution >= 4 is 11.9 Å². The third-order valence-electron chi connectivity index (χ3n) is 1.72. The summed E-state index contributed by atoms with van der Waals surface area (Å²) in [5, 5.41) is 8.40. The Hall–Kier alpha value is -2.44. The predicted octanol–water partition coefficient (Wildman–Crippen LogP) is -0.255. The fraction of sp³-hybridized carbons (Fsp3) is 0. The summed E-state index contributed by atoms with van der Waals surface area (Å²) in [6.07, 6.45) is 4.03. The lowest BCUT2D eigenvalue weighted by Gasteiger charge is -1.99. The molecule has 15 heavy (non-hydrogen) atoms. The zero-order valence-electron chi connectivity index (χ0n) is 7.52. The number of nitrogens with one attached hydrogen (secondary N) is 3. The fourth-order valence-corrected chi connectivity index (χ4v) is 1.03. The monoisotopic (exact) mass is 205 g/mol. The van der Waals surface area contributed by atoms with Gasteiger partial charge in [0, 0.05) is 18.5 Å². The first-order chi connectivity index (χ1) is 7.27. The van der Waals surface area contributed by atoms with Crippen LogP contribution in [-0.4, -0.2) is 26.1 Å². The molecule has 2 heterocycles. The molecule has 76 valence electrons. The second-order valence-electron chi connectivity index (χ2n) is 2.71. The van der Waals surface area contributed by atoms with Crippen molar-refractivity contribution in [1.29, 1.82) is 0 Å². The van der Waals surface area contributed by atoms with E-state index < -0.39 is 5.91 Å². The van der Waals surface area contributed by atoms with Crippen LogP contribution in [-0.2, 0) is 0 Å². The molecule has 2 rings (SSSR count). The van der Waals surface area contributed by atoms with Crippen LogP contribution in [0.25, 0.3) is 0 Å². The minimum absolute atomic E-state index is 0.0221. The van der Waals surface area contributed by atoms with Gasteiger partial charge in [-0.2, -0.15) is 10.1 Å². The number of rotatable bonds is 2. The molecule has 0 aromatic carbocycles. The fourth-order valence-electron chi connectivity index (χ4n) is 1.03. The quantitative estimate of drug-likeness (QED) is 0.628. The first-order valence-corrected chi connectivity index (χ1v) is 4.11. The topological polar surface area (TPSA) is 104 Å². The second kappa shape index (κ2) is 3.74. The molecule has 0 unspecified atom stereocenters.